The van der Waals surface area contributed by atoms with E-state index in [1.807, 2.05) is 0 Å². The highest BCUT2D eigenvalue weighted by atomic mass is 16.4. The highest BCUT2D eigenvalue weighted by Gasteiger charge is 2.13. The number of nitrogens with zero attached hydrogens (tertiary/aromatic N) is 2. The fourth-order valence-corrected chi connectivity index (χ4v) is 1.33. The molecule has 0 aliphatic rings. The lowest BCUT2D eigenvalue weighted by atomic mass is 10.2. The maximum Gasteiger partial charge on any atom is 0.339 e. The second-order valence-corrected chi connectivity index (χ2v) is 3.29. The first kappa shape index (κ1) is 12.3. The van der Waals surface area contributed by atoms with Gasteiger partial charge in [-0.1, -0.05) is 0 Å². The highest BCUT2D eigenvalue weighted by molar-refractivity contribution is 5.88. The molecule has 0 amide bonds. The molecular weight excluding hydrogens is 206 g/mol. The van der Waals surface area contributed by atoms with E-state index in [1.54, 1.807) is 18.7 Å². The van der Waals surface area contributed by atoms with Gasteiger partial charge in [-0.05, 0) is 6.92 Å². The molecule has 0 aromatic carbocycles. The third-order valence-corrected chi connectivity index (χ3v) is 2.19. The van der Waals surface area contributed by atoms with Crippen LogP contribution in [0.5, 0.6) is 0 Å². The third kappa shape index (κ3) is 3.11. The van der Waals surface area contributed by atoms with Crippen molar-refractivity contribution in [1.29, 1.82) is 0 Å². The Bertz CT molecular complexity index is 426. The Morgan fingerprint density at radius 1 is 1.69 bits per heavy atom. The summed E-state index contributed by atoms with van der Waals surface area (Å²) in [5.41, 5.74) is 0.925. The van der Waals surface area contributed by atoms with E-state index in [0.29, 0.717) is 12.2 Å². The number of aromatic nitrogens is 2. The number of hydrogen-bond donors (Lipinski definition) is 2. The first-order valence-corrected chi connectivity index (χ1v) is 5.01. The summed E-state index contributed by atoms with van der Waals surface area (Å²) in [6.45, 7) is 3.03. The van der Waals surface area contributed by atoms with Gasteiger partial charge in [0.2, 0.25) is 0 Å². The summed E-state index contributed by atoms with van der Waals surface area (Å²) in [4.78, 5) is 10.9. The van der Waals surface area contributed by atoms with E-state index in [-0.39, 0.29) is 5.56 Å². The molecule has 0 aliphatic heterocycles. The SMILES string of the molecule is CC#CCCNCc1c(C(=O)O)cnn1C. The van der Waals surface area contributed by atoms with Crippen LogP contribution in [0.2, 0.25) is 0 Å². The van der Waals surface area contributed by atoms with Crippen molar-refractivity contribution in [3.8, 4) is 11.8 Å². The van der Waals surface area contributed by atoms with Crippen LogP contribution in [0.4, 0.5) is 0 Å². The fraction of sp³-hybridized carbons (Fsp3) is 0.455. The number of carbonyl (C=O) groups is 1. The van der Waals surface area contributed by atoms with E-state index in [4.69, 9.17) is 5.11 Å². The summed E-state index contributed by atoms with van der Waals surface area (Å²) in [6, 6.07) is 0. The van der Waals surface area contributed by atoms with Gasteiger partial charge < -0.3 is 10.4 Å². The van der Waals surface area contributed by atoms with Crippen molar-refractivity contribution in [2.45, 2.75) is 19.9 Å². The first-order valence-electron chi connectivity index (χ1n) is 5.01. The Morgan fingerprint density at radius 3 is 3.06 bits per heavy atom. The van der Waals surface area contributed by atoms with Crippen molar-refractivity contribution < 1.29 is 9.90 Å². The summed E-state index contributed by atoms with van der Waals surface area (Å²) in [6.07, 6.45) is 2.13. The Balaban J connectivity index is 2.54. The quantitative estimate of drug-likeness (QED) is 0.565. The van der Waals surface area contributed by atoms with Gasteiger partial charge in [-0.3, -0.25) is 4.68 Å². The number of rotatable bonds is 5. The molecule has 1 heterocycles. The molecule has 0 saturated carbocycles. The Hall–Kier alpha value is -1.80. The Morgan fingerprint density at radius 2 is 2.44 bits per heavy atom. The van der Waals surface area contributed by atoms with Crippen molar-refractivity contribution in [2.24, 2.45) is 7.05 Å². The first-order chi connectivity index (χ1) is 7.66. The largest absolute Gasteiger partial charge is 0.478 e. The average Bonchev–Trinajstić information content (AvgIpc) is 2.60. The molecule has 0 radical (unpaired) electrons. The third-order valence-electron chi connectivity index (χ3n) is 2.19. The molecule has 16 heavy (non-hydrogen) atoms. The molecule has 1 aromatic rings. The monoisotopic (exact) mass is 221 g/mol. The topological polar surface area (TPSA) is 67.2 Å². The van der Waals surface area contributed by atoms with Crippen LogP contribution in [0.3, 0.4) is 0 Å². The van der Waals surface area contributed by atoms with Gasteiger partial charge in [0.15, 0.2) is 0 Å². The van der Waals surface area contributed by atoms with Gasteiger partial charge in [-0.15, -0.1) is 11.8 Å². The summed E-state index contributed by atoms with van der Waals surface area (Å²) in [5, 5.41) is 16.0. The number of carboxylic acids is 1. The lowest BCUT2D eigenvalue weighted by molar-refractivity contribution is 0.0695. The standard InChI is InChI=1S/C11H15N3O2/c1-3-4-5-6-12-8-10-9(11(15)16)7-13-14(10)2/h7,12H,5-6,8H2,1-2H3,(H,15,16). The van der Waals surface area contributed by atoms with Crippen molar-refractivity contribution in [2.75, 3.05) is 6.54 Å². The summed E-state index contributed by atoms with van der Waals surface area (Å²) in [5.74, 6) is 4.78. The number of carboxylic acid groups (broad SMARTS) is 1. The van der Waals surface area contributed by atoms with Gasteiger partial charge in [0, 0.05) is 26.6 Å². The fourth-order valence-electron chi connectivity index (χ4n) is 1.33. The Kier molecular flexibility index (Phi) is 4.55. The summed E-state index contributed by atoms with van der Waals surface area (Å²) in [7, 11) is 1.73. The molecule has 5 heteroatoms. The molecule has 0 fully saturated rings. The molecule has 0 spiro atoms. The molecule has 2 N–H and O–H groups in total. The lowest BCUT2D eigenvalue weighted by Crippen LogP contribution is -2.18. The minimum atomic E-state index is -0.946. The molecule has 1 rings (SSSR count). The second kappa shape index (κ2) is 5.93. The van der Waals surface area contributed by atoms with Crippen molar-refractivity contribution >= 4 is 5.97 Å². The van der Waals surface area contributed by atoms with E-state index in [0.717, 1.165) is 13.0 Å². The van der Waals surface area contributed by atoms with Gasteiger partial charge in [-0.25, -0.2) is 4.79 Å². The zero-order valence-corrected chi connectivity index (χ0v) is 9.45. The summed E-state index contributed by atoms with van der Waals surface area (Å²) < 4.78 is 1.57. The molecule has 0 bridgehead atoms. The molecule has 1 aromatic heterocycles. The van der Waals surface area contributed by atoms with Gasteiger partial charge >= 0.3 is 5.97 Å². The number of hydrogen-bond acceptors (Lipinski definition) is 3. The van der Waals surface area contributed by atoms with Gasteiger partial charge in [0.05, 0.1) is 11.9 Å². The highest BCUT2D eigenvalue weighted by Crippen LogP contribution is 2.06. The van der Waals surface area contributed by atoms with Crippen molar-refractivity contribution in [3.05, 3.63) is 17.5 Å². The molecular formula is C11H15N3O2. The normalized spacial score (nSPS) is 9.62. The van der Waals surface area contributed by atoms with Gasteiger partial charge in [-0.2, -0.15) is 5.10 Å². The van der Waals surface area contributed by atoms with Gasteiger partial charge in [0.25, 0.3) is 0 Å². The van der Waals surface area contributed by atoms with Crippen LogP contribution in [0.25, 0.3) is 0 Å². The van der Waals surface area contributed by atoms with E-state index >= 15 is 0 Å². The van der Waals surface area contributed by atoms with Crippen LogP contribution >= 0.6 is 0 Å². The van der Waals surface area contributed by atoms with Crippen LogP contribution < -0.4 is 5.32 Å². The van der Waals surface area contributed by atoms with Gasteiger partial charge in [0.1, 0.15) is 5.56 Å². The van der Waals surface area contributed by atoms with Crippen LogP contribution in [0, 0.1) is 11.8 Å². The molecule has 5 nitrogen and oxygen atoms in total. The zero-order valence-electron chi connectivity index (χ0n) is 9.45. The van der Waals surface area contributed by atoms with Crippen molar-refractivity contribution in [1.82, 2.24) is 15.1 Å². The minimum Gasteiger partial charge on any atom is -0.478 e. The molecule has 0 atom stereocenters. The average molecular weight is 221 g/mol. The molecule has 0 aliphatic carbocycles. The smallest absolute Gasteiger partial charge is 0.339 e. The lowest BCUT2D eigenvalue weighted by Gasteiger charge is -2.04. The zero-order chi connectivity index (χ0) is 12.0. The number of aryl methyl sites for hydroxylation is 1. The van der Waals surface area contributed by atoms with E-state index < -0.39 is 5.97 Å². The Labute approximate surface area is 94.5 Å². The summed E-state index contributed by atoms with van der Waals surface area (Å²) >= 11 is 0. The van der Waals surface area contributed by atoms with E-state index in [2.05, 4.69) is 22.3 Å². The van der Waals surface area contributed by atoms with Crippen LogP contribution in [-0.2, 0) is 13.6 Å². The van der Waals surface area contributed by atoms with Crippen LogP contribution in [-0.4, -0.2) is 27.4 Å². The van der Waals surface area contributed by atoms with Crippen LogP contribution in [0.1, 0.15) is 29.4 Å². The van der Waals surface area contributed by atoms with E-state index in [9.17, 15) is 4.79 Å². The second-order valence-electron chi connectivity index (χ2n) is 3.29. The maximum atomic E-state index is 10.9. The molecule has 0 unspecified atom stereocenters. The predicted octanol–water partition coefficient (Wildman–Crippen LogP) is 0.621. The maximum absolute atomic E-state index is 10.9. The van der Waals surface area contributed by atoms with E-state index in [1.165, 1.54) is 6.20 Å². The van der Waals surface area contributed by atoms with Crippen LogP contribution in [0.15, 0.2) is 6.20 Å². The number of aromatic carboxylic acids is 1. The minimum absolute atomic E-state index is 0.247. The van der Waals surface area contributed by atoms with Crippen molar-refractivity contribution in [3.63, 3.8) is 0 Å². The number of nitrogens with one attached hydrogen (secondary N) is 1. The predicted molar refractivity (Wildman–Crippen MR) is 59.9 cm³/mol. The molecule has 86 valence electrons. The molecule has 0 saturated heterocycles.